The molecule has 0 atom stereocenters. The van der Waals surface area contributed by atoms with E-state index in [0.717, 1.165) is 23.4 Å². The number of aromatic nitrogens is 2. The number of benzene rings is 1. The molecular formula is C16H18N4S2. The van der Waals surface area contributed by atoms with Crippen LogP contribution < -0.4 is 10.6 Å². The molecule has 1 aromatic carbocycles. The molecule has 0 aliphatic heterocycles. The van der Waals surface area contributed by atoms with Gasteiger partial charge in [0.25, 0.3) is 0 Å². The van der Waals surface area contributed by atoms with Crippen LogP contribution in [0.3, 0.4) is 0 Å². The third-order valence-corrected chi connectivity index (χ3v) is 4.89. The Kier molecular flexibility index (Phi) is 4.70. The van der Waals surface area contributed by atoms with Crippen LogP contribution in [0.15, 0.2) is 36.7 Å². The van der Waals surface area contributed by atoms with Crippen molar-refractivity contribution in [3.05, 3.63) is 57.5 Å². The van der Waals surface area contributed by atoms with Crippen LogP contribution >= 0.6 is 22.7 Å². The van der Waals surface area contributed by atoms with Gasteiger partial charge in [0.2, 0.25) is 0 Å². The highest BCUT2D eigenvalue weighted by molar-refractivity contribution is 7.15. The zero-order chi connectivity index (χ0) is 15.4. The van der Waals surface area contributed by atoms with Crippen LogP contribution in [-0.4, -0.2) is 9.97 Å². The molecule has 22 heavy (non-hydrogen) atoms. The van der Waals surface area contributed by atoms with Gasteiger partial charge in [-0.2, -0.15) is 0 Å². The number of anilines is 2. The molecule has 0 aliphatic carbocycles. The lowest BCUT2D eigenvalue weighted by molar-refractivity contribution is 1.10. The van der Waals surface area contributed by atoms with Gasteiger partial charge in [0.1, 0.15) is 0 Å². The van der Waals surface area contributed by atoms with Gasteiger partial charge in [-0.1, -0.05) is 24.3 Å². The molecule has 114 valence electrons. The van der Waals surface area contributed by atoms with Crippen LogP contribution in [0.5, 0.6) is 0 Å². The molecule has 2 heterocycles. The van der Waals surface area contributed by atoms with E-state index in [1.807, 2.05) is 12.4 Å². The van der Waals surface area contributed by atoms with E-state index in [1.54, 1.807) is 22.7 Å². The third kappa shape index (κ3) is 4.05. The SMILES string of the molecule is Cc1cnc(NCc2ccc(CNc3ncc(C)s3)cc2)s1. The molecule has 0 saturated heterocycles. The van der Waals surface area contributed by atoms with Gasteiger partial charge in [0, 0.05) is 35.2 Å². The Morgan fingerprint density at radius 3 is 1.50 bits per heavy atom. The van der Waals surface area contributed by atoms with Crippen molar-refractivity contribution in [2.45, 2.75) is 26.9 Å². The predicted molar refractivity (Wildman–Crippen MR) is 94.8 cm³/mol. The molecular weight excluding hydrogens is 312 g/mol. The van der Waals surface area contributed by atoms with Gasteiger partial charge in [-0.15, -0.1) is 22.7 Å². The van der Waals surface area contributed by atoms with Gasteiger partial charge in [-0.25, -0.2) is 9.97 Å². The van der Waals surface area contributed by atoms with Crippen molar-refractivity contribution in [3.63, 3.8) is 0 Å². The van der Waals surface area contributed by atoms with E-state index in [4.69, 9.17) is 0 Å². The molecule has 2 N–H and O–H groups in total. The molecule has 0 amide bonds. The van der Waals surface area contributed by atoms with Crippen molar-refractivity contribution in [3.8, 4) is 0 Å². The lowest BCUT2D eigenvalue weighted by Gasteiger charge is -2.06. The second-order valence-electron chi connectivity index (χ2n) is 5.08. The number of nitrogens with one attached hydrogen (secondary N) is 2. The van der Waals surface area contributed by atoms with Crippen LogP contribution in [0.1, 0.15) is 20.9 Å². The first-order valence-electron chi connectivity index (χ1n) is 7.09. The number of rotatable bonds is 6. The van der Waals surface area contributed by atoms with E-state index in [9.17, 15) is 0 Å². The summed E-state index contributed by atoms with van der Waals surface area (Å²) in [5, 5.41) is 8.64. The fourth-order valence-corrected chi connectivity index (χ4v) is 3.32. The largest absolute Gasteiger partial charge is 0.357 e. The number of thiazole rings is 2. The topological polar surface area (TPSA) is 49.8 Å². The summed E-state index contributed by atoms with van der Waals surface area (Å²) >= 11 is 3.36. The monoisotopic (exact) mass is 330 g/mol. The maximum absolute atomic E-state index is 4.31. The van der Waals surface area contributed by atoms with E-state index in [1.165, 1.54) is 20.9 Å². The number of aryl methyl sites for hydroxylation is 2. The molecule has 0 saturated carbocycles. The normalized spacial score (nSPS) is 10.6. The Morgan fingerprint density at radius 2 is 1.18 bits per heavy atom. The summed E-state index contributed by atoms with van der Waals surface area (Å²) < 4.78 is 0. The Labute approximate surface area is 138 Å². The van der Waals surface area contributed by atoms with Crippen LogP contribution in [0.25, 0.3) is 0 Å². The van der Waals surface area contributed by atoms with Gasteiger partial charge in [-0.05, 0) is 25.0 Å². The average Bonchev–Trinajstić information content (AvgIpc) is 3.12. The predicted octanol–water partition coefficient (Wildman–Crippen LogP) is 4.44. The van der Waals surface area contributed by atoms with E-state index < -0.39 is 0 Å². The van der Waals surface area contributed by atoms with Crippen molar-refractivity contribution in [1.29, 1.82) is 0 Å². The number of nitrogens with zero attached hydrogens (tertiary/aromatic N) is 2. The maximum Gasteiger partial charge on any atom is 0.183 e. The second kappa shape index (κ2) is 6.89. The molecule has 0 radical (unpaired) electrons. The van der Waals surface area contributed by atoms with E-state index in [2.05, 4.69) is 58.7 Å². The molecule has 0 fully saturated rings. The Morgan fingerprint density at radius 1 is 0.773 bits per heavy atom. The summed E-state index contributed by atoms with van der Waals surface area (Å²) in [6, 6.07) is 8.60. The second-order valence-corrected chi connectivity index (χ2v) is 7.55. The zero-order valence-electron chi connectivity index (χ0n) is 12.6. The number of hydrogen-bond donors (Lipinski definition) is 2. The molecule has 4 nitrogen and oxygen atoms in total. The average molecular weight is 330 g/mol. The highest BCUT2D eigenvalue weighted by atomic mass is 32.1. The van der Waals surface area contributed by atoms with Gasteiger partial charge < -0.3 is 10.6 Å². The van der Waals surface area contributed by atoms with Gasteiger partial charge >= 0.3 is 0 Å². The van der Waals surface area contributed by atoms with Crippen LogP contribution in [0.2, 0.25) is 0 Å². The molecule has 3 aromatic rings. The summed E-state index contributed by atoms with van der Waals surface area (Å²) in [6.45, 7) is 5.72. The van der Waals surface area contributed by atoms with Crippen molar-refractivity contribution >= 4 is 32.9 Å². The van der Waals surface area contributed by atoms with Crippen molar-refractivity contribution in [2.24, 2.45) is 0 Å². The van der Waals surface area contributed by atoms with Crippen molar-refractivity contribution < 1.29 is 0 Å². The lowest BCUT2D eigenvalue weighted by Crippen LogP contribution is -2.01. The summed E-state index contributed by atoms with van der Waals surface area (Å²) in [6.07, 6.45) is 3.78. The minimum Gasteiger partial charge on any atom is -0.357 e. The molecule has 0 aliphatic rings. The van der Waals surface area contributed by atoms with Gasteiger partial charge in [-0.3, -0.25) is 0 Å². The smallest absolute Gasteiger partial charge is 0.183 e. The van der Waals surface area contributed by atoms with Crippen molar-refractivity contribution in [1.82, 2.24) is 9.97 Å². The van der Waals surface area contributed by atoms with E-state index >= 15 is 0 Å². The van der Waals surface area contributed by atoms with Gasteiger partial charge in [0.15, 0.2) is 10.3 Å². The van der Waals surface area contributed by atoms with Crippen LogP contribution in [0.4, 0.5) is 10.3 Å². The summed E-state index contributed by atoms with van der Waals surface area (Å²) in [5.41, 5.74) is 2.50. The third-order valence-electron chi connectivity index (χ3n) is 3.15. The fraction of sp³-hybridized carbons (Fsp3) is 0.250. The highest BCUT2D eigenvalue weighted by Gasteiger charge is 2.00. The highest BCUT2D eigenvalue weighted by Crippen LogP contribution is 2.19. The molecule has 0 bridgehead atoms. The van der Waals surface area contributed by atoms with E-state index in [-0.39, 0.29) is 0 Å². The first kappa shape index (κ1) is 15.0. The quantitative estimate of drug-likeness (QED) is 0.701. The molecule has 0 spiro atoms. The fourth-order valence-electron chi connectivity index (χ4n) is 2.00. The number of hydrogen-bond acceptors (Lipinski definition) is 6. The Bertz CT molecular complexity index is 667. The Hall–Kier alpha value is -1.92. The summed E-state index contributed by atoms with van der Waals surface area (Å²) in [4.78, 5) is 11.1. The van der Waals surface area contributed by atoms with Crippen LogP contribution in [0, 0.1) is 13.8 Å². The summed E-state index contributed by atoms with van der Waals surface area (Å²) in [5.74, 6) is 0. The molecule has 0 unspecified atom stereocenters. The minimum atomic E-state index is 0.798. The zero-order valence-corrected chi connectivity index (χ0v) is 14.2. The van der Waals surface area contributed by atoms with Gasteiger partial charge in [0.05, 0.1) is 0 Å². The molecule has 2 aromatic heterocycles. The maximum atomic E-state index is 4.31. The molecule has 3 rings (SSSR count). The first-order chi connectivity index (χ1) is 10.7. The summed E-state index contributed by atoms with van der Waals surface area (Å²) in [7, 11) is 0. The van der Waals surface area contributed by atoms with E-state index in [0.29, 0.717) is 0 Å². The minimum absolute atomic E-state index is 0.798. The van der Waals surface area contributed by atoms with Crippen LogP contribution in [-0.2, 0) is 13.1 Å². The molecule has 6 heteroatoms. The standard InChI is InChI=1S/C16H18N4S2/c1-11-7-17-15(21-11)19-9-13-3-5-14(6-4-13)10-20-16-18-8-12(2)22-16/h3-8H,9-10H2,1-2H3,(H,17,19)(H,18,20). The Balaban J connectivity index is 1.51. The van der Waals surface area contributed by atoms with Crippen molar-refractivity contribution in [2.75, 3.05) is 10.6 Å². The lowest BCUT2D eigenvalue weighted by atomic mass is 10.1. The first-order valence-corrected chi connectivity index (χ1v) is 8.73.